The summed E-state index contributed by atoms with van der Waals surface area (Å²) in [6, 6.07) is 14.4. The predicted octanol–water partition coefficient (Wildman–Crippen LogP) is 4.50. The lowest BCUT2D eigenvalue weighted by Gasteiger charge is -2.38. The molecule has 0 saturated carbocycles. The molecule has 8 nitrogen and oxygen atoms in total. The van der Waals surface area contributed by atoms with Gasteiger partial charge in [-0.25, -0.2) is 4.79 Å². The number of rotatable bonds is 7. The van der Waals surface area contributed by atoms with E-state index >= 15 is 0 Å². The summed E-state index contributed by atoms with van der Waals surface area (Å²) in [6.45, 7) is 7.42. The molecule has 0 bridgehead atoms. The number of allylic oxidation sites excluding steroid dienone is 2. The van der Waals surface area contributed by atoms with Gasteiger partial charge >= 0.3 is 5.97 Å². The van der Waals surface area contributed by atoms with Gasteiger partial charge in [-0.15, -0.1) is 0 Å². The van der Waals surface area contributed by atoms with Gasteiger partial charge in [-0.3, -0.25) is 9.59 Å². The Bertz CT molecular complexity index is 1310. The summed E-state index contributed by atoms with van der Waals surface area (Å²) in [7, 11) is 0. The number of anilines is 1. The largest absolute Gasteiger partial charge is 0.483 e. The highest BCUT2D eigenvalue weighted by Gasteiger charge is 2.45. The molecular formula is C29H32N2O6. The maximum absolute atomic E-state index is 13.4. The number of hydrogen-bond donors (Lipinski definition) is 2. The molecule has 1 unspecified atom stereocenters. The molecule has 2 aromatic carbocycles. The number of esters is 1. The normalized spacial score (nSPS) is 18.6. The molecule has 1 amide bonds. The first kappa shape index (κ1) is 26.0. The Morgan fingerprint density at radius 2 is 1.81 bits per heavy atom. The molecule has 0 aromatic heterocycles. The van der Waals surface area contributed by atoms with Gasteiger partial charge in [0, 0.05) is 29.7 Å². The number of ketones is 1. The summed E-state index contributed by atoms with van der Waals surface area (Å²) in [5.74, 6) is -1.27. The van der Waals surface area contributed by atoms with Crippen molar-refractivity contribution in [2.75, 3.05) is 18.5 Å². The Labute approximate surface area is 216 Å². The number of carbonyl (C=O) groups is 3. The topological polar surface area (TPSA) is 117 Å². The zero-order valence-electron chi connectivity index (χ0n) is 21.6. The second kappa shape index (κ2) is 10.5. The average Bonchev–Trinajstić information content (AvgIpc) is 2.83. The van der Waals surface area contributed by atoms with Gasteiger partial charge in [0.1, 0.15) is 17.1 Å². The van der Waals surface area contributed by atoms with Crippen LogP contribution in [-0.4, -0.2) is 30.9 Å². The van der Waals surface area contributed by atoms with Gasteiger partial charge in [-0.05, 0) is 37.0 Å². The number of hydrogen-bond acceptors (Lipinski definition) is 7. The summed E-state index contributed by atoms with van der Waals surface area (Å²) in [6.07, 6.45) is 0.785. The highest BCUT2D eigenvalue weighted by molar-refractivity contribution is 6.04. The third-order valence-electron chi connectivity index (χ3n) is 6.46. The lowest BCUT2D eigenvalue weighted by Crippen LogP contribution is -2.36. The molecule has 2 aromatic rings. The fraction of sp³-hybridized carbons (Fsp3) is 0.345. The van der Waals surface area contributed by atoms with Crippen LogP contribution >= 0.6 is 0 Å². The minimum absolute atomic E-state index is 0.0501. The molecule has 37 heavy (non-hydrogen) atoms. The summed E-state index contributed by atoms with van der Waals surface area (Å²) < 4.78 is 17.1. The van der Waals surface area contributed by atoms with E-state index in [0.717, 1.165) is 5.56 Å². The molecule has 1 aliphatic heterocycles. The van der Waals surface area contributed by atoms with Crippen LogP contribution < -0.4 is 15.8 Å². The molecule has 0 fully saturated rings. The highest BCUT2D eigenvalue weighted by atomic mass is 16.5. The molecule has 3 N–H and O–H groups in total. The Hall–Kier alpha value is -4.07. The smallest absolute Gasteiger partial charge is 0.340 e. The third kappa shape index (κ3) is 5.53. The van der Waals surface area contributed by atoms with Crippen LogP contribution in [-0.2, 0) is 23.9 Å². The molecule has 4 rings (SSSR count). The van der Waals surface area contributed by atoms with E-state index < -0.39 is 11.9 Å². The number of nitrogens with two attached hydrogens (primary N) is 1. The second-order valence-electron chi connectivity index (χ2n) is 10.0. The van der Waals surface area contributed by atoms with E-state index in [0.29, 0.717) is 41.2 Å². The lowest BCUT2D eigenvalue weighted by atomic mass is 9.70. The van der Waals surface area contributed by atoms with Gasteiger partial charge in [0.2, 0.25) is 5.88 Å². The number of benzene rings is 2. The van der Waals surface area contributed by atoms with Crippen molar-refractivity contribution in [2.45, 2.75) is 46.5 Å². The van der Waals surface area contributed by atoms with Gasteiger partial charge in [-0.2, -0.15) is 0 Å². The first-order valence-corrected chi connectivity index (χ1v) is 12.3. The zero-order chi connectivity index (χ0) is 26.7. The van der Waals surface area contributed by atoms with Crippen LogP contribution in [0, 0.1) is 12.3 Å². The van der Waals surface area contributed by atoms with Crippen molar-refractivity contribution >= 4 is 23.3 Å². The van der Waals surface area contributed by atoms with Crippen LogP contribution in [0.15, 0.2) is 71.3 Å². The monoisotopic (exact) mass is 504 g/mol. The van der Waals surface area contributed by atoms with Crippen molar-refractivity contribution < 1.29 is 28.6 Å². The zero-order valence-corrected chi connectivity index (χ0v) is 21.6. The first-order valence-electron chi connectivity index (χ1n) is 12.3. The van der Waals surface area contributed by atoms with Gasteiger partial charge in [0.15, 0.2) is 12.4 Å². The first-order chi connectivity index (χ1) is 17.6. The lowest BCUT2D eigenvalue weighted by molar-refractivity contribution is -0.139. The number of para-hydroxylation sites is 2. The number of Topliss-reactive ketones (excluding diaryl/α,β-unsaturated/α-hetero) is 1. The second-order valence-corrected chi connectivity index (χ2v) is 10.0. The fourth-order valence-corrected chi connectivity index (χ4v) is 4.80. The average molecular weight is 505 g/mol. The SMILES string of the molecule is CCOC(=O)C1=C(N)OC2=C(C(=O)CC(C)(C)C2)C1c1ccccc1OCC(=O)Nc1ccccc1C. The predicted molar refractivity (Wildman–Crippen MR) is 138 cm³/mol. The molecule has 2 aliphatic rings. The van der Waals surface area contributed by atoms with Crippen molar-refractivity contribution in [3.63, 3.8) is 0 Å². The van der Waals surface area contributed by atoms with Crippen molar-refractivity contribution in [1.29, 1.82) is 0 Å². The molecule has 0 spiro atoms. The van der Waals surface area contributed by atoms with Crippen LogP contribution in [0.3, 0.4) is 0 Å². The molecule has 1 atom stereocenters. The maximum atomic E-state index is 13.4. The van der Waals surface area contributed by atoms with Crippen LogP contribution in [0.25, 0.3) is 0 Å². The molecule has 0 saturated heterocycles. The van der Waals surface area contributed by atoms with Gasteiger partial charge in [0.25, 0.3) is 5.91 Å². The van der Waals surface area contributed by atoms with Crippen LogP contribution in [0.1, 0.15) is 50.7 Å². The Kier molecular flexibility index (Phi) is 7.38. The van der Waals surface area contributed by atoms with Gasteiger partial charge in [-0.1, -0.05) is 50.2 Å². The number of carbonyl (C=O) groups excluding carboxylic acids is 3. The Morgan fingerprint density at radius 3 is 2.54 bits per heavy atom. The van der Waals surface area contributed by atoms with Crippen molar-refractivity contribution in [1.82, 2.24) is 0 Å². The van der Waals surface area contributed by atoms with Crippen molar-refractivity contribution in [3.05, 3.63) is 82.4 Å². The van der Waals surface area contributed by atoms with Crippen LogP contribution in [0.4, 0.5) is 5.69 Å². The molecule has 194 valence electrons. The highest BCUT2D eigenvalue weighted by Crippen LogP contribution is 2.49. The third-order valence-corrected chi connectivity index (χ3v) is 6.46. The van der Waals surface area contributed by atoms with E-state index in [-0.39, 0.29) is 41.8 Å². The Morgan fingerprint density at radius 1 is 1.11 bits per heavy atom. The summed E-state index contributed by atoms with van der Waals surface area (Å²) >= 11 is 0. The molecular weight excluding hydrogens is 472 g/mol. The van der Waals surface area contributed by atoms with E-state index in [1.807, 2.05) is 45.0 Å². The van der Waals surface area contributed by atoms with E-state index in [4.69, 9.17) is 19.9 Å². The minimum atomic E-state index is -0.845. The van der Waals surface area contributed by atoms with Crippen molar-refractivity contribution in [3.8, 4) is 5.75 Å². The number of ether oxygens (including phenoxy) is 3. The minimum Gasteiger partial charge on any atom is -0.483 e. The van der Waals surface area contributed by atoms with E-state index in [9.17, 15) is 14.4 Å². The maximum Gasteiger partial charge on any atom is 0.340 e. The molecule has 1 aliphatic carbocycles. The van der Waals surface area contributed by atoms with Crippen LogP contribution in [0.2, 0.25) is 0 Å². The number of nitrogens with one attached hydrogen (secondary N) is 1. The molecule has 8 heteroatoms. The number of aryl methyl sites for hydroxylation is 1. The number of amides is 1. The van der Waals surface area contributed by atoms with Crippen LogP contribution in [0.5, 0.6) is 5.75 Å². The summed E-state index contributed by atoms with van der Waals surface area (Å²) in [5, 5.41) is 2.84. The van der Waals surface area contributed by atoms with E-state index in [2.05, 4.69) is 5.32 Å². The Balaban J connectivity index is 1.70. The van der Waals surface area contributed by atoms with E-state index in [1.165, 1.54) is 0 Å². The quantitative estimate of drug-likeness (QED) is 0.533. The summed E-state index contributed by atoms with van der Waals surface area (Å²) in [4.78, 5) is 39.1. The van der Waals surface area contributed by atoms with Gasteiger partial charge in [0.05, 0.1) is 12.5 Å². The molecule has 0 radical (unpaired) electrons. The summed E-state index contributed by atoms with van der Waals surface area (Å²) in [5.41, 5.74) is 8.52. The van der Waals surface area contributed by atoms with Crippen molar-refractivity contribution in [2.24, 2.45) is 11.1 Å². The van der Waals surface area contributed by atoms with E-state index in [1.54, 1.807) is 31.2 Å². The van der Waals surface area contributed by atoms with Gasteiger partial charge < -0.3 is 25.3 Å². The molecule has 1 heterocycles. The fourth-order valence-electron chi connectivity index (χ4n) is 4.80. The standard InChI is InChI=1S/C29H32N2O6/c1-5-35-28(34)26-24(25-20(32)14-29(3,4)15-22(25)37-27(26)30)18-11-7-9-13-21(18)36-16-23(33)31-19-12-8-6-10-17(19)2/h6-13,24H,5,14-16,30H2,1-4H3,(H,31,33).